The highest BCUT2D eigenvalue weighted by molar-refractivity contribution is 5.75. The molecule has 1 amide bonds. The molecule has 96 valence electrons. The standard InChI is InChI=1S/C10H14N2O2.C3H8/c1-3-9(13)12-7-8-4-5-11-10(6-8)14-2;1-3-2/h4-6H,3,7H2,1-2H3,(H,12,13);3H2,1-2H3. The third kappa shape index (κ3) is 7.33. The van der Waals surface area contributed by atoms with Gasteiger partial charge < -0.3 is 10.1 Å². The van der Waals surface area contributed by atoms with Crippen LogP contribution in [0.3, 0.4) is 0 Å². The summed E-state index contributed by atoms with van der Waals surface area (Å²) >= 11 is 0. The number of carbonyl (C=O) groups excluding carboxylic acids is 1. The van der Waals surface area contributed by atoms with Crippen molar-refractivity contribution in [3.05, 3.63) is 23.9 Å². The van der Waals surface area contributed by atoms with Crippen LogP contribution in [0.15, 0.2) is 18.3 Å². The lowest BCUT2D eigenvalue weighted by Gasteiger charge is -2.04. The summed E-state index contributed by atoms with van der Waals surface area (Å²) in [6.45, 7) is 6.59. The molecule has 0 aliphatic heterocycles. The van der Waals surface area contributed by atoms with Crippen molar-refractivity contribution in [2.75, 3.05) is 7.11 Å². The second-order valence-corrected chi connectivity index (χ2v) is 3.54. The van der Waals surface area contributed by atoms with E-state index in [4.69, 9.17) is 4.74 Å². The lowest BCUT2D eigenvalue weighted by molar-refractivity contribution is -0.120. The van der Waals surface area contributed by atoms with Crippen LogP contribution in [0.4, 0.5) is 0 Å². The molecule has 0 saturated heterocycles. The lowest BCUT2D eigenvalue weighted by Crippen LogP contribution is -2.21. The van der Waals surface area contributed by atoms with E-state index in [1.807, 2.05) is 13.0 Å². The Hall–Kier alpha value is -1.58. The van der Waals surface area contributed by atoms with E-state index < -0.39 is 0 Å². The number of hydrogen-bond acceptors (Lipinski definition) is 3. The maximum atomic E-state index is 11.0. The molecule has 0 aliphatic rings. The van der Waals surface area contributed by atoms with Crippen molar-refractivity contribution in [2.24, 2.45) is 0 Å². The molecule has 4 heteroatoms. The minimum absolute atomic E-state index is 0.0424. The fraction of sp³-hybridized carbons (Fsp3) is 0.538. The van der Waals surface area contributed by atoms with Gasteiger partial charge in [-0.1, -0.05) is 27.2 Å². The average Bonchev–Trinajstić information content (AvgIpc) is 2.37. The van der Waals surface area contributed by atoms with Crippen molar-refractivity contribution < 1.29 is 9.53 Å². The van der Waals surface area contributed by atoms with E-state index in [1.54, 1.807) is 19.4 Å². The molecule has 0 aromatic carbocycles. The van der Waals surface area contributed by atoms with Gasteiger partial charge in [-0.2, -0.15) is 0 Å². The van der Waals surface area contributed by atoms with Gasteiger partial charge in [-0.25, -0.2) is 4.98 Å². The fourth-order valence-corrected chi connectivity index (χ4v) is 0.998. The number of hydrogen-bond donors (Lipinski definition) is 1. The number of nitrogens with zero attached hydrogens (tertiary/aromatic N) is 1. The summed E-state index contributed by atoms with van der Waals surface area (Å²) in [6, 6.07) is 3.65. The molecule has 1 aromatic heterocycles. The molecule has 0 atom stereocenters. The van der Waals surface area contributed by atoms with Crippen LogP contribution in [0.5, 0.6) is 5.88 Å². The highest BCUT2D eigenvalue weighted by Crippen LogP contribution is 2.07. The Morgan fingerprint density at radius 1 is 1.41 bits per heavy atom. The molecule has 0 bridgehead atoms. The highest BCUT2D eigenvalue weighted by atomic mass is 16.5. The Bertz CT molecular complexity index is 327. The molecule has 0 saturated carbocycles. The van der Waals surface area contributed by atoms with Crippen molar-refractivity contribution in [3.8, 4) is 5.88 Å². The van der Waals surface area contributed by atoms with Crippen LogP contribution in [0.25, 0.3) is 0 Å². The average molecular weight is 238 g/mol. The largest absolute Gasteiger partial charge is 0.481 e. The van der Waals surface area contributed by atoms with Gasteiger partial charge in [-0.3, -0.25) is 4.79 Å². The van der Waals surface area contributed by atoms with Gasteiger partial charge in [0.2, 0.25) is 11.8 Å². The number of aromatic nitrogens is 1. The molecular formula is C13H22N2O2. The summed E-state index contributed by atoms with van der Waals surface area (Å²) in [6.07, 6.45) is 3.41. The summed E-state index contributed by atoms with van der Waals surface area (Å²) in [5.74, 6) is 0.606. The molecule has 0 radical (unpaired) electrons. The number of pyridine rings is 1. The first kappa shape index (κ1) is 15.4. The van der Waals surface area contributed by atoms with Crippen LogP contribution in [0.2, 0.25) is 0 Å². The van der Waals surface area contributed by atoms with E-state index >= 15 is 0 Å². The van der Waals surface area contributed by atoms with Gasteiger partial charge in [0.25, 0.3) is 0 Å². The van der Waals surface area contributed by atoms with Gasteiger partial charge in [-0.15, -0.1) is 0 Å². The molecule has 1 heterocycles. The van der Waals surface area contributed by atoms with Gasteiger partial charge in [0.15, 0.2) is 0 Å². The molecule has 0 unspecified atom stereocenters. The van der Waals surface area contributed by atoms with Crippen LogP contribution in [-0.4, -0.2) is 18.0 Å². The predicted molar refractivity (Wildman–Crippen MR) is 68.9 cm³/mol. The summed E-state index contributed by atoms with van der Waals surface area (Å²) in [7, 11) is 1.57. The Balaban J connectivity index is 0.000000770. The van der Waals surface area contributed by atoms with E-state index in [0.29, 0.717) is 18.8 Å². The smallest absolute Gasteiger partial charge is 0.219 e. The van der Waals surface area contributed by atoms with Crippen molar-refractivity contribution >= 4 is 5.91 Å². The summed E-state index contributed by atoms with van der Waals surface area (Å²) in [5.41, 5.74) is 0.985. The number of rotatable bonds is 4. The predicted octanol–water partition coefficient (Wildman–Crippen LogP) is 2.53. The Labute approximate surface area is 103 Å². The Morgan fingerprint density at radius 3 is 2.59 bits per heavy atom. The number of amides is 1. The van der Waals surface area contributed by atoms with Crippen LogP contribution in [-0.2, 0) is 11.3 Å². The molecule has 1 rings (SSSR count). The zero-order valence-corrected chi connectivity index (χ0v) is 11.1. The highest BCUT2D eigenvalue weighted by Gasteiger charge is 1.99. The first-order valence-corrected chi connectivity index (χ1v) is 5.93. The molecule has 1 N–H and O–H groups in total. The maximum absolute atomic E-state index is 11.0. The van der Waals surface area contributed by atoms with Crippen molar-refractivity contribution in [2.45, 2.75) is 40.2 Å². The fourth-order valence-electron chi connectivity index (χ4n) is 0.998. The molecule has 4 nitrogen and oxygen atoms in total. The molecule has 0 spiro atoms. The van der Waals surface area contributed by atoms with Gasteiger partial charge in [-0.05, 0) is 11.6 Å². The molecule has 17 heavy (non-hydrogen) atoms. The maximum Gasteiger partial charge on any atom is 0.219 e. The summed E-state index contributed by atoms with van der Waals surface area (Å²) < 4.78 is 4.96. The van der Waals surface area contributed by atoms with E-state index in [1.165, 1.54) is 6.42 Å². The first-order valence-electron chi connectivity index (χ1n) is 5.93. The van der Waals surface area contributed by atoms with E-state index in [2.05, 4.69) is 24.1 Å². The van der Waals surface area contributed by atoms with Crippen molar-refractivity contribution in [3.63, 3.8) is 0 Å². The number of ether oxygens (including phenoxy) is 1. The van der Waals surface area contributed by atoms with Gasteiger partial charge in [0, 0.05) is 25.2 Å². The van der Waals surface area contributed by atoms with E-state index in [9.17, 15) is 4.79 Å². The Kier molecular flexibility index (Phi) is 8.74. The zero-order chi connectivity index (χ0) is 13.1. The number of methoxy groups -OCH3 is 1. The quantitative estimate of drug-likeness (QED) is 0.877. The normalized spacial score (nSPS) is 8.94. The molecule has 0 aliphatic carbocycles. The van der Waals surface area contributed by atoms with Crippen molar-refractivity contribution in [1.29, 1.82) is 0 Å². The molecular weight excluding hydrogens is 216 g/mol. The topological polar surface area (TPSA) is 51.2 Å². The SMILES string of the molecule is CCC.CCC(=O)NCc1ccnc(OC)c1. The van der Waals surface area contributed by atoms with Crippen LogP contribution >= 0.6 is 0 Å². The summed E-state index contributed by atoms with van der Waals surface area (Å²) in [4.78, 5) is 15.0. The minimum Gasteiger partial charge on any atom is -0.481 e. The first-order chi connectivity index (χ1) is 8.17. The molecule has 0 fully saturated rings. The molecule has 1 aromatic rings. The van der Waals surface area contributed by atoms with Gasteiger partial charge in [0.1, 0.15) is 0 Å². The van der Waals surface area contributed by atoms with Gasteiger partial charge >= 0.3 is 0 Å². The minimum atomic E-state index is 0.0424. The second-order valence-electron chi connectivity index (χ2n) is 3.54. The number of carbonyl (C=O) groups is 1. The monoisotopic (exact) mass is 238 g/mol. The Morgan fingerprint density at radius 2 is 2.06 bits per heavy atom. The second kappa shape index (κ2) is 9.63. The number of nitrogens with one attached hydrogen (secondary N) is 1. The van der Waals surface area contributed by atoms with E-state index in [-0.39, 0.29) is 5.91 Å². The van der Waals surface area contributed by atoms with Crippen LogP contribution in [0, 0.1) is 0 Å². The van der Waals surface area contributed by atoms with Gasteiger partial charge in [0.05, 0.1) is 7.11 Å². The zero-order valence-electron chi connectivity index (χ0n) is 11.1. The summed E-state index contributed by atoms with van der Waals surface area (Å²) in [5, 5.41) is 2.78. The van der Waals surface area contributed by atoms with Crippen molar-refractivity contribution in [1.82, 2.24) is 10.3 Å². The third-order valence-corrected chi connectivity index (χ3v) is 1.82. The van der Waals surface area contributed by atoms with Crippen LogP contribution in [0.1, 0.15) is 39.2 Å². The third-order valence-electron chi connectivity index (χ3n) is 1.82. The van der Waals surface area contributed by atoms with Crippen LogP contribution < -0.4 is 10.1 Å². The lowest BCUT2D eigenvalue weighted by atomic mass is 10.2. The van der Waals surface area contributed by atoms with E-state index in [0.717, 1.165) is 5.56 Å².